The van der Waals surface area contributed by atoms with Gasteiger partial charge in [0.25, 0.3) is 0 Å². The highest BCUT2D eigenvalue weighted by molar-refractivity contribution is 5.80. The van der Waals surface area contributed by atoms with E-state index in [-0.39, 0.29) is 29.7 Å². The summed E-state index contributed by atoms with van der Waals surface area (Å²) in [4.78, 5) is 24.4. The first-order chi connectivity index (χ1) is 11.4. The Morgan fingerprint density at radius 3 is 2.21 bits per heavy atom. The molecule has 0 aliphatic heterocycles. The molecule has 0 fully saturated rings. The summed E-state index contributed by atoms with van der Waals surface area (Å²) < 4.78 is 5.41. The van der Waals surface area contributed by atoms with E-state index in [9.17, 15) is 9.59 Å². The number of amides is 2. The lowest BCUT2D eigenvalue weighted by Crippen LogP contribution is -2.41. The quantitative estimate of drug-likeness (QED) is 0.729. The van der Waals surface area contributed by atoms with E-state index >= 15 is 0 Å². The van der Waals surface area contributed by atoms with Crippen LogP contribution in [0.2, 0.25) is 0 Å². The van der Waals surface area contributed by atoms with Crippen molar-refractivity contribution in [2.45, 2.75) is 46.6 Å². The van der Waals surface area contributed by atoms with Gasteiger partial charge in [-0.15, -0.1) is 0 Å². The second-order valence-electron chi connectivity index (χ2n) is 6.17. The third-order valence-electron chi connectivity index (χ3n) is 4.43. The summed E-state index contributed by atoms with van der Waals surface area (Å²) in [5, 5.41) is 5.97. The van der Waals surface area contributed by atoms with Crippen LogP contribution in [-0.4, -0.2) is 25.5 Å². The molecule has 1 rings (SSSR count). The Kier molecular flexibility index (Phi) is 8.30. The highest BCUT2D eigenvalue weighted by Gasteiger charge is 2.22. The molecule has 0 heterocycles. The molecular weight excluding hydrogens is 304 g/mol. The van der Waals surface area contributed by atoms with Crippen molar-refractivity contribution in [3.63, 3.8) is 0 Å². The number of carbonyl (C=O) groups is 2. The van der Waals surface area contributed by atoms with E-state index in [0.717, 1.165) is 18.4 Å². The van der Waals surface area contributed by atoms with Crippen molar-refractivity contribution >= 4 is 11.8 Å². The second-order valence-corrected chi connectivity index (χ2v) is 6.17. The predicted molar refractivity (Wildman–Crippen MR) is 95.8 cm³/mol. The van der Waals surface area contributed by atoms with Gasteiger partial charge in [-0.3, -0.25) is 9.59 Å². The molecule has 1 aromatic rings. The molecule has 0 aromatic heterocycles. The normalized spacial score (nSPS) is 14.4. The molecule has 0 aliphatic carbocycles. The van der Waals surface area contributed by atoms with Crippen molar-refractivity contribution in [2.24, 2.45) is 11.8 Å². The van der Waals surface area contributed by atoms with Gasteiger partial charge in [0.1, 0.15) is 5.75 Å². The van der Waals surface area contributed by atoms with Crippen molar-refractivity contribution < 1.29 is 14.3 Å². The van der Waals surface area contributed by atoms with Crippen LogP contribution in [0.3, 0.4) is 0 Å². The Labute approximate surface area is 145 Å². The standard InChI is InChI=1S/C19H30N2O3/c1-6-13(3)18(22)20-12-16(21-19(23)14(4)7-2)15-10-8-9-11-17(15)24-5/h8-11,13-14,16H,6-7,12H2,1-5H3,(H,20,22)(H,21,23). The zero-order chi connectivity index (χ0) is 18.1. The maximum atomic E-state index is 12.3. The molecule has 2 amide bonds. The predicted octanol–water partition coefficient (Wildman–Crippen LogP) is 3.06. The SMILES string of the molecule is CCC(C)C(=O)NCC(NC(=O)C(C)CC)c1ccccc1OC. The topological polar surface area (TPSA) is 67.4 Å². The van der Waals surface area contributed by atoms with Gasteiger partial charge in [-0.05, 0) is 18.9 Å². The number of methoxy groups -OCH3 is 1. The van der Waals surface area contributed by atoms with Gasteiger partial charge in [0.15, 0.2) is 0 Å². The molecule has 0 spiro atoms. The maximum absolute atomic E-state index is 12.3. The lowest BCUT2D eigenvalue weighted by molar-refractivity contribution is -0.127. The summed E-state index contributed by atoms with van der Waals surface area (Å²) in [7, 11) is 1.60. The van der Waals surface area contributed by atoms with Crippen LogP contribution in [0.25, 0.3) is 0 Å². The van der Waals surface area contributed by atoms with Crippen molar-refractivity contribution in [1.29, 1.82) is 0 Å². The van der Waals surface area contributed by atoms with Gasteiger partial charge in [-0.2, -0.15) is 0 Å². The van der Waals surface area contributed by atoms with E-state index in [4.69, 9.17) is 4.74 Å². The van der Waals surface area contributed by atoms with Gasteiger partial charge in [-0.25, -0.2) is 0 Å². The molecule has 0 aliphatic rings. The summed E-state index contributed by atoms with van der Waals surface area (Å²) in [6.07, 6.45) is 1.55. The number of ether oxygens (including phenoxy) is 1. The fraction of sp³-hybridized carbons (Fsp3) is 0.579. The highest BCUT2D eigenvalue weighted by atomic mass is 16.5. The highest BCUT2D eigenvalue weighted by Crippen LogP contribution is 2.25. The van der Waals surface area contributed by atoms with E-state index in [1.807, 2.05) is 52.0 Å². The molecule has 24 heavy (non-hydrogen) atoms. The van der Waals surface area contributed by atoms with Crippen molar-refractivity contribution in [2.75, 3.05) is 13.7 Å². The molecular formula is C19H30N2O3. The van der Waals surface area contributed by atoms with Crippen LogP contribution in [0.15, 0.2) is 24.3 Å². The zero-order valence-electron chi connectivity index (χ0n) is 15.4. The Hall–Kier alpha value is -2.04. The number of benzene rings is 1. The van der Waals surface area contributed by atoms with Crippen LogP contribution in [0, 0.1) is 11.8 Å². The third-order valence-corrected chi connectivity index (χ3v) is 4.43. The molecule has 3 atom stereocenters. The molecule has 0 saturated heterocycles. The van der Waals surface area contributed by atoms with Crippen molar-refractivity contribution in [3.05, 3.63) is 29.8 Å². The monoisotopic (exact) mass is 334 g/mol. The number of hydrogen-bond donors (Lipinski definition) is 2. The average molecular weight is 334 g/mol. The average Bonchev–Trinajstić information content (AvgIpc) is 2.62. The number of para-hydroxylation sites is 1. The smallest absolute Gasteiger partial charge is 0.223 e. The first-order valence-electron chi connectivity index (χ1n) is 8.65. The zero-order valence-corrected chi connectivity index (χ0v) is 15.4. The van der Waals surface area contributed by atoms with Gasteiger partial charge in [0, 0.05) is 23.9 Å². The van der Waals surface area contributed by atoms with Gasteiger partial charge in [0.05, 0.1) is 13.2 Å². The fourth-order valence-corrected chi connectivity index (χ4v) is 2.25. The van der Waals surface area contributed by atoms with Crippen LogP contribution in [0.1, 0.15) is 52.1 Å². The Balaban J connectivity index is 2.94. The summed E-state index contributed by atoms with van der Waals surface area (Å²) >= 11 is 0. The number of carbonyl (C=O) groups excluding carboxylic acids is 2. The second kappa shape index (κ2) is 9.96. The summed E-state index contributed by atoms with van der Waals surface area (Å²) in [6.45, 7) is 8.09. The largest absolute Gasteiger partial charge is 0.496 e. The first-order valence-corrected chi connectivity index (χ1v) is 8.65. The van der Waals surface area contributed by atoms with Gasteiger partial charge >= 0.3 is 0 Å². The van der Waals surface area contributed by atoms with Gasteiger partial charge in [0.2, 0.25) is 11.8 Å². The maximum Gasteiger partial charge on any atom is 0.223 e. The van der Waals surface area contributed by atoms with Gasteiger partial charge in [-0.1, -0.05) is 45.9 Å². The van der Waals surface area contributed by atoms with Crippen molar-refractivity contribution in [3.8, 4) is 5.75 Å². The lowest BCUT2D eigenvalue weighted by Gasteiger charge is -2.24. The summed E-state index contributed by atoms with van der Waals surface area (Å²) in [5.41, 5.74) is 0.862. The van der Waals surface area contributed by atoms with Crippen LogP contribution in [0.4, 0.5) is 0 Å². The molecule has 3 unspecified atom stereocenters. The van der Waals surface area contributed by atoms with Crippen LogP contribution in [-0.2, 0) is 9.59 Å². The minimum absolute atomic E-state index is 0.00446. The Morgan fingerprint density at radius 1 is 1.04 bits per heavy atom. The Bertz CT molecular complexity index is 545. The van der Waals surface area contributed by atoms with Crippen LogP contribution < -0.4 is 15.4 Å². The van der Waals surface area contributed by atoms with Crippen LogP contribution in [0.5, 0.6) is 5.75 Å². The van der Waals surface area contributed by atoms with Crippen molar-refractivity contribution in [1.82, 2.24) is 10.6 Å². The van der Waals surface area contributed by atoms with E-state index < -0.39 is 0 Å². The molecule has 1 aromatic carbocycles. The van der Waals surface area contributed by atoms with Crippen LogP contribution >= 0.6 is 0 Å². The summed E-state index contributed by atoms with van der Waals surface area (Å²) in [5.74, 6) is 0.548. The van der Waals surface area contributed by atoms with E-state index in [0.29, 0.717) is 12.3 Å². The first kappa shape index (κ1) is 20.0. The molecule has 0 saturated carbocycles. The lowest BCUT2D eigenvalue weighted by atomic mass is 10.0. The number of nitrogens with one attached hydrogen (secondary N) is 2. The fourth-order valence-electron chi connectivity index (χ4n) is 2.25. The summed E-state index contributed by atoms with van der Waals surface area (Å²) in [6, 6.07) is 7.23. The molecule has 2 N–H and O–H groups in total. The Morgan fingerprint density at radius 2 is 1.62 bits per heavy atom. The minimum Gasteiger partial charge on any atom is -0.496 e. The third kappa shape index (κ3) is 5.55. The molecule has 5 nitrogen and oxygen atoms in total. The molecule has 0 radical (unpaired) electrons. The molecule has 134 valence electrons. The van der Waals surface area contributed by atoms with Gasteiger partial charge < -0.3 is 15.4 Å². The van der Waals surface area contributed by atoms with E-state index in [2.05, 4.69) is 10.6 Å². The molecule has 0 bridgehead atoms. The van der Waals surface area contributed by atoms with E-state index in [1.54, 1.807) is 7.11 Å². The minimum atomic E-state index is -0.323. The van der Waals surface area contributed by atoms with E-state index in [1.165, 1.54) is 0 Å². The molecule has 5 heteroatoms. The number of hydrogen-bond acceptors (Lipinski definition) is 3. The number of rotatable bonds is 9.